The summed E-state index contributed by atoms with van der Waals surface area (Å²) in [5.41, 5.74) is 2.85. The van der Waals surface area contributed by atoms with Gasteiger partial charge in [0, 0.05) is 37.6 Å². The Balaban J connectivity index is 1.57. The number of nitrogens with zero attached hydrogens (tertiary/aromatic N) is 5. The van der Waals surface area contributed by atoms with Crippen molar-refractivity contribution in [2.45, 2.75) is 62.3 Å². The number of hydrogen-bond acceptors (Lipinski definition) is 7. The molecule has 35 heavy (non-hydrogen) atoms. The number of hydrogen-bond donors (Lipinski definition) is 0. The lowest BCUT2D eigenvalue weighted by atomic mass is 10.2. The van der Waals surface area contributed by atoms with Crippen molar-refractivity contribution in [1.82, 2.24) is 19.5 Å². The molecule has 2 aliphatic rings. The van der Waals surface area contributed by atoms with Crippen molar-refractivity contribution in [1.29, 1.82) is 0 Å². The molecule has 10 heteroatoms. The molecule has 3 aromatic rings. The van der Waals surface area contributed by atoms with Crippen LogP contribution in [0.3, 0.4) is 0 Å². The Kier molecular flexibility index (Phi) is 5.74. The molecule has 186 valence electrons. The van der Waals surface area contributed by atoms with Crippen LogP contribution in [0.5, 0.6) is 0 Å². The predicted molar refractivity (Wildman–Crippen MR) is 132 cm³/mol. The zero-order chi connectivity index (χ0) is 25.0. The monoisotopic (exact) mass is 497 g/mol. The molecule has 2 aromatic heterocycles. The van der Waals surface area contributed by atoms with E-state index in [0.717, 1.165) is 36.2 Å². The summed E-state index contributed by atoms with van der Waals surface area (Å²) in [7, 11) is -3.88. The normalized spacial score (nSPS) is 16.6. The minimum atomic E-state index is -3.88. The van der Waals surface area contributed by atoms with Gasteiger partial charge in [-0.15, -0.1) is 5.10 Å². The number of aromatic nitrogens is 3. The number of piperazine rings is 1. The van der Waals surface area contributed by atoms with E-state index in [0.29, 0.717) is 37.6 Å². The number of ether oxygens (including phenoxy) is 1. The number of carbonyl (C=O) groups is 1. The molecule has 0 N–H and O–H groups in total. The fourth-order valence-electron chi connectivity index (χ4n) is 4.80. The first-order chi connectivity index (χ1) is 16.6. The van der Waals surface area contributed by atoms with Crippen molar-refractivity contribution in [3.05, 3.63) is 47.3 Å². The van der Waals surface area contributed by atoms with Gasteiger partial charge in [-0.2, -0.15) is 0 Å². The Morgan fingerprint density at radius 3 is 2.37 bits per heavy atom. The van der Waals surface area contributed by atoms with E-state index in [4.69, 9.17) is 14.8 Å². The van der Waals surface area contributed by atoms with Gasteiger partial charge in [0.05, 0.1) is 4.90 Å². The van der Waals surface area contributed by atoms with Crippen LogP contribution in [0.15, 0.2) is 40.1 Å². The minimum Gasteiger partial charge on any atom is -0.444 e. The van der Waals surface area contributed by atoms with Gasteiger partial charge in [-0.05, 0) is 64.7 Å². The average molecular weight is 498 g/mol. The molecule has 0 spiro atoms. The second kappa shape index (κ2) is 8.51. The van der Waals surface area contributed by atoms with E-state index in [2.05, 4.69) is 0 Å². The van der Waals surface area contributed by atoms with E-state index in [9.17, 15) is 13.2 Å². The van der Waals surface area contributed by atoms with Crippen molar-refractivity contribution in [2.24, 2.45) is 0 Å². The standard InChI is InChI=1S/C25H31N5O4S/c1-17-19-11-8-12-20(19)26-22-21(35(32,33)18-9-6-5-7-10-18)23(27-30(17)22)28-13-15-29(16-14-28)24(31)34-25(2,3)4/h5-7,9-10H,8,11-16H2,1-4H3. The molecular weight excluding hydrogens is 466 g/mol. The van der Waals surface area contributed by atoms with Gasteiger partial charge in [-0.1, -0.05) is 18.2 Å². The molecule has 1 amide bonds. The number of fused-ring (bicyclic) bond motifs is 2. The Labute approximate surface area is 205 Å². The first-order valence-corrected chi connectivity index (χ1v) is 13.5. The largest absolute Gasteiger partial charge is 0.444 e. The van der Waals surface area contributed by atoms with Crippen molar-refractivity contribution in [3.8, 4) is 0 Å². The lowest BCUT2D eigenvalue weighted by molar-refractivity contribution is 0.0240. The number of aryl methyl sites for hydroxylation is 2. The molecule has 0 unspecified atom stereocenters. The van der Waals surface area contributed by atoms with Gasteiger partial charge in [0.1, 0.15) is 5.60 Å². The summed E-state index contributed by atoms with van der Waals surface area (Å²) in [4.78, 5) is 21.3. The predicted octanol–water partition coefficient (Wildman–Crippen LogP) is 3.42. The van der Waals surface area contributed by atoms with Gasteiger partial charge in [-0.3, -0.25) is 0 Å². The number of anilines is 1. The zero-order valence-corrected chi connectivity index (χ0v) is 21.4. The number of benzene rings is 1. The fourth-order valence-corrected chi connectivity index (χ4v) is 6.34. The molecular formula is C25H31N5O4S. The quantitative estimate of drug-likeness (QED) is 0.547. The highest BCUT2D eigenvalue weighted by Gasteiger charge is 2.35. The maximum Gasteiger partial charge on any atom is 0.410 e. The second-order valence-electron chi connectivity index (χ2n) is 10.1. The van der Waals surface area contributed by atoms with E-state index in [1.54, 1.807) is 39.7 Å². The molecule has 9 nitrogen and oxygen atoms in total. The molecule has 0 atom stereocenters. The Morgan fingerprint density at radius 2 is 1.71 bits per heavy atom. The van der Waals surface area contributed by atoms with Gasteiger partial charge >= 0.3 is 6.09 Å². The fraction of sp³-hybridized carbons (Fsp3) is 0.480. The third-order valence-corrected chi connectivity index (χ3v) is 8.33. The van der Waals surface area contributed by atoms with Gasteiger partial charge < -0.3 is 14.5 Å². The summed E-state index contributed by atoms with van der Waals surface area (Å²) >= 11 is 0. The summed E-state index contributed by atoms with van der Waals surface area (Å²) in [6.45, 7) is 9.21. The van der Waals surface area contributed by atoms with Crippen LogP contribution in [-0.4, -0.2) is 65.8 Å². The van der Waals surface area contributed by atoms with Crippen molar-refractivity contribution < 1.29 is 17.9 Å². The first-order valence-electron chi connectivity index (χ1n) is 12.0. The third-order valence-electron chi connectivity index (χ3n) is 6.54. The summed E-state index contributed by atoms with van der Waals surface area (Å²) < 4.78 is 35.0. The molecule has 0 bridgehead atoms. The second-order valence-corrected chi connectivity index (χ2v) is 12.0. The van der Waals surface area contributed by atoms with E-state index in [-0.39, 0.29) is 15.9 Å². The lowest BCUT2D eigenvalue weighted by Gasteiger charge is -2.35. The van der Waals surface area contributed by atoms with Gasteiger partial charge in [0.15, 0.2) is 16.4 Å². The van der Waals surface area contributed by atoms with Crippen molar-refractivity contribution in [2.75, 3.05) is 31.1 Å². The van der Waals surface area contributed by atoms with Crippen molar-refractivity contribution >= 4 is 27.4 Å². The number of amides is 1. The number of sulfone groups is 1. The molecule has 1 aliphatic heterocycles. The van der Waals surface area contributed by atoms with Crippen LogP contribution in [0, 0.1) is 6.92 Å². The van der Waals surface area contributed by atoms with Crippen LogP contribution in [0.1, 0.15) is 44.1 Å². The number of carbonyl (C=O) groups excluding carboxylic acids is 1. The topological polar surface area (TPSA) is 97.1 Å². The van der Waals surface area contributed by atoms with Crippen molar-refractivity contribution in [3.63, 3.8) is 0 Å². The number of rotatable bonds is 3. The molecule has 1 aliphatic carbocycles. The first kappa shape index (κ1) is 23.6. The highest BCUT2D eigenvalue weighted by molar-refractivity contribution is 7.91. The average Bonchev–Trinajstić information content (AvgIpc) is 3.44. The van der Waals surface area contributed by atoms with E-state index in [1.165, 1.54) is 0 Å². The van der Waals surface area contributed by atoms with Crippen LogP contribution < -0.4 is 4.90 Å². The Hall–Kier alpha value is -3.14. The van der Waals surface area contributed by atoms with Gasteiger partial charge in [0.25, 0.3) is 0 Å². The molecule has 1 fully saturated rings. The molecule has 0 saturated carbocycles. The maximum absolute atomic E-state index is 13.9. The molecule has 1 saturated heterocycles. The molecule has 5 rings (SSSR count). The van der Waals surface area contributed by atoms with E-state index < -0.39 is 15.4 Å². The summed E-state index contributed by atoms with van der Waals surface area (Å²) in [5, 5.41) is 4.80. The van der Waals surface area contributed by atoms with E-state index in [1.807, 2.05) is 32.6 Å². The van der Waals surface area contributed by atoms with Crippen LogP contribution in [-0.2, 0) is 27.4 Å². The molecule has 3 heterocycles. The minimum absolute atomic E-state index is 0.132. The summed E-state index contributed by atoms with van der Waals surface area (Å²) in [5.74, 6) is 0.386. The summed E-state index contributed by atoms with van der Waals surface area (Å²) in [6, 6.07) is 8.43. The lowest BCUT2D eigenvalue weighted by Crippen LogP contribution is -2.50. The maximum atomic E-state index is 13.9. The van der Waals surface area contributed by atoms with E-state index >= 15 is 0 Å². The Morgan fingerprint density at radius 1 is 1.03 bits per heavy atom. The van der Waals surface area contributed by atoms with Crippen LogP contribution >= 0.6 is 0 Å². The van der Waals surface area contributed by atoms with Gasteiger partial charge in [-0.25, -0.2) is 22.7 Å². The molecule has 1 aromatic carbocycles. The summed E-state index contributed by atoms with van der Waals surface area (Å²) in [6.07, 6.45) is 2.41. The van der Waals surface area contributed by atoms with Crippen LogP contribution in [0.25, 0.3) is 5.65 Å². The van der Waals surface area contributed by atoms with Crippen LogP contribution in [0.4, 0.5) is 10.6 Å². The zero-order valence-electron chi connectivity index (χ0n) is 20.6. The third kappa shape index (κ3) is 4.24. The van der Waals surface area contributed by atoms with Crippen LogP contribution in [0.2, 0.25) is 0 Å². The highest BCUT2D eigenvalue weighted by atomic mass is 32.2. The highest BCUT2D eigenvalue weighted by Crippen LogP contribution is 2.36. The molecule has 0 radical (unpaired) electrons. The SMILES string of the molecule is Cc1c2c(nc3c(S(=O)(=O)c4ccccc4)c(N4CCN(C(=O)OC(C)(C)C)CC4)nn13)CCC2. The smallest absolute Gasteiger partial charge is 0.410 e. The Bertz CT molecular complexity index is 1380. The van der Waals surface area contributed by atoms with Gasteiger partial charge in [0.2, 0.25) is 9.84 Å².